The smallest absolute Gasteiger partial charge is 0.327 e. The van der Waals surface area contributed by atoms with E-state index in [2.05, 4.69) is 5.32 Å². The van der Waals surface area contributed by atoms with E-state index in [1.807, 2.05) is 18.2 Å². The van der Waals surface area contributed by atoms with Gasteiger partial charge in [-0.25, -0.2) is 4.79 Å². The maximum absolute atomic E-state index is 12.0. The van der Waals surface area contributed by atoms with E-state index in [-0.39, 0.29) is 30.5 Å². The molecule has 0 spiro atoms. The van der Waals surface area contributed by atoms with Crippen LogP contribution in [-0.2, 0) is 20.9 Å². The van der Waals surface area contributed by atoms with Crippen molar-refractivity contribution in [2.75, 3.05) is 4.31 Å². The first kappa shape index (κ1) is 19.4. The minimum absolute atomic E-state index is 0.0714. The summed E-state index contributed by atoms with van der Waals surface area (Å²) in [6.45, 7) is 0. The van der Waals surface area contributed by atoms with Crippen molar-refractivity contribution in [1.29, 1.82) is 0 Å². The summed E-state index contributed by atoms with van der Waals surface area (Å²) in [6.07, 6.45) is 1.64. The minimum atomic E-state index is -2.84. The molecule has 2 unspecified atom stereocenters. The maximum Gasteiger partial charge on any atom is 0.327 e. The van der Waals surface area contributed by atoms with E-state index in [0.29, 0.717) is 16.6 Å². The number of rotatable bonds is 8. The molecule has 0 aliphatic heterocycles. The zero-order valence-electron chi connectivity index (χ0n) is 15.4. The molecule has 1 heterocycles. The van der Waals surface area contributed by atoms with Gasteiger partial charge >= 0.3 is 5.97 Å². The summed E-state index contributed by atoms with van der Waals surface area (Å²) in [4.78, 5) is 23.8. The van der Waals surface area contributed by atoms with Gasteiger partial charge in [0, 0.05) is 34.5 Å². The third-order valence-electron chi connectivity index (χ3n) is 4.93. The Kier molecular flexibility index (Phi) is 5.25. The topological polar surface area (TPSA) is 123 Å². The predicted octanol–water partition coefficient (Wildman–Crippen LogP) is 2.70. The molecule has 2 N–H and O–H groups in total. The predicted molar refractivity (Wildman–Crippen MR) is 107 cm³/mol. The summed E-state index contributed by atoms with van der Waals surface area (Å²) >= 11 is -2.84. The number of carbonyl (C=O) groups excluding carboxylic acids is 1. The van der Waals surface area contributed by atoms with Crippen molar-refractivity contribution in [3.63, 3.8) is 0 Å². The molecule has 2 atom stereocenters. The van der Waals surface area contributed by atoms with E-state index in [9.17, 15) is 23.5 Å². The molecule has 8 nitrogen and oxygen atoms in total. The molecule has 9 heteroatoms. The molecule has 152 valence electrons. The van der Waals surface area contributed by atoms with Crippen LogP contribution in [0.5, 0.6) is 0 Å². The van der Waals surface area contributed by atoms with Gasteiger partial charge in [0.2, 0.25) is 5.91 Å². The third kappa shape index (κ3) is 4.10. The number of nitrogens with zero attached hydrogens (tertiary/aromatic N) is 1. The van der Waals surface area contributed by atoms with Crippen LogP contribution >= 0.6 is 0 Å². The number of furan rings is 1. The molecule has 2 aromatic carbocycles. The summed E-state index contributed by atoms with van der Waals surface area (Å²) in [7, 11) is 0. The maximum atomic E-state index is 12.0. The second-order valence-corrected chi connectivity index (χ2v) is 7.88. The lowest BCUT2D eigenvalue weighted by Gasteiger charge is -2.32. The molecule has 1 aliphatic carbocycles. The Bertz CT molecular complexity index is 1110. The van der Waals surface area contributed by atoms with Crippen molar-refractivity contribution in [3.8, 4) is 0 Å². The summed E-state index contributed by atoms with van der Waals surface area (Å²) in [5.41, 5.74) is 1.43. The quantitative estimate of drug-likeness (QED) is 0.545. The fourth-order valence-electron chi connectivity index (χ4n) is 3.36. The molecule has 1 aromatic heterocycles. The van der Waals surface area contributed by atoms with E-state index in [0.717, 1.165) is 22.5 Å². The Hall–Kier alpha value is -2.91. The number of amides is 1. The van der Waals surface area contributed by atoms with Crippen molar-refractivity contribution >= 4 is 50.8 Å². The monoisotopic (exact) mass is 415 g/mol. The third-order valence-corrected chi connectivity index (χ3v) is 5.72. The lowest BCUT2D eigenvalue weighted by atomic mass is 10.1. The van der Waals surface area contributed by atoms with Gasteiger partial charge in [0.25, 0.3) is 0 Å². The number of anilines is 1. The Labute approximate surface area is 168 Å². The van der Waals surface area contributed by atoms with Gasteiger partial charge in [0.15, 0.2) is 0 Å². The van der Waals surface area contributed by atoms with E-state index < -0.39 is 23.3 Å². The second kappa shape index (κ2) is 7.84. The van der Waals surface area contributed by atoms with Gasteiger partial charge in [-0.1, -0.05) is 18.2 Å². The minimum Gasteiger partial charge on any atom is -0.755 e. The number of benzene rings is 2. The number of carbonyl (C=O) groups is 2. The van der Waals surface area contributed by atoms with Gasteiger partial charge in [-0.05, 0) is 43.5 Å². The first-order valence-corrected chi connectivity index (χ1v) is 10.3. The van der Waals surface area contributed by atoms with Gasteiger partial charge < -0.3 is 19.4 Å². The van der Waals surface area contributed by atoms with Crippen LogP contribution in [0.4, 0.5) is 5.69 Å². The molecule has 1 saturated carbocycles. The molecule has 0 bridgehead atoms. The van der Waals surface area contributed by atoms with E-state index in [1.54, 1.807) is 18.2 Å². The lowest BCUT2D eigenvalue weighted by Crippen LogP contribution is -2.43. The highest BCUT2D eigenvalue weighted by molar-refractivity contribution is 7.80. The first-order valence-electron chi connectivity index (χ1n) is 9.26. The van der Waals surface area contributed by atoms with Crippen LogP contribution < -0.4 is 9.62 Å². The fourth-order valence-corrected chi connectivity index (χ4v) is 4.05. The molecule has 1 fully saturated rings. The molecule has 0 radical (unpaired) electrons. The molecule has 29 heavy (non-hydrogen) atoms. The van der Waals surface area contributed by atoms with Crippen molar-refractivity contribution in [1.82, 2.24) is 5.32 Å². The van der Waals surface area contributed by atoms with Gasteiger partial charge in [-0.2, -0.15) is 0 Å². The number of nitrogens with one attached hydrogen (secondary N) is 1. The van der Waals surface area contributed by atoms with E-state index in [4.69, 9.17) is 4.42 Å². The standard InChI is InChI=1S/C20H20N2O6S/c23-19(21-12-5-6-12)10-8-16(20(24)25)22(29(26)27)13-7-9-18-15(11-13)14-3-1-2-4-17(14)28-18/h1-4,7,9,11-12,16H,5-6,8,10H2,(H,21,23)(H,24,25)(H,26,27)/p-1. The summed E-state index contributed by atoms with van der Waals surface area (Å²) in [5, 5.41) is 13.9. The number of carboxylic acids is 1. The highest BCUT2D eigenvalue weighted by Gasteiger charge is 2.29. The van der Waals surface area contributed by atoms with Crippen LogP contribution in [-0.4, -0.2) is 37.8 Å². The number of para-hydroxylation sites is 1. The summed E-state index contributed by atoms with van der Waals surface area (Å²) < 4.78 is 30.4. The normalized spacial score (nSPS) is 15.9. The molecular weight excluding hydrogens is 396 g/mol. The molecule has 1 amide bonds. The summed E-state index contributed by atoms with van der Waals surface area (Å²) in [6, 6.07) is 10.8. The Morgan fingerprint density at radius 1 is 1.21 bits per heavy atom. The largest absolute Gasteiger partial charge is 0.755 e. The van der Waals surface area contributed by atoms with Crippen LogP contribution in [0.25, 0.3) is 21.9 Å². The fraction of sp³-hybridized carbons (Fsp3) is 0.300. The first-order chi connectivity index (χ1) is 13.9. The molecule has 0 saturated heterocycles. The van der Waals surface area contributed by atoms with Crippen LogP contribution in [0.15, 0.2) is 46.9 Å². The van der Waals surface area contributed by atoms with Crippen LogP contribution in [0, 0.1) is 0 Å². The van der Waals surface area contributed by atoms with Crippen molar-refractivity contribution in [2.24, 2.45) is 0 Å². The molecule has 1 aliphatic rings. The van der Waals surface area contributed by atoms with E-state index in [1.165, 1.54) is 6.07 Å². The number of fused-ring (bicyclic) bond motifs is 3. The van der Waals surface area contributed by atoms with Gasteiger partial charge in [-0.3, -0.25) is 13.3 Å². The van der Waals surface area contributed by atoms with Crippen LogP contribution in [0.3, 0.4) is 0 Å². The molecular formula is C20H19N2O6S-. The van der Waals surface area contributed by atoms with Crippen LogP contribution in [0.1, 0.15) is 25.7 Å². The number of hydrogen-bond acceptors (Lipinski definition) is 5. The Balaban J connectivity index is 1.65. The van der Waals surface area contributed by atoms with Crippen molar-refractivity contribution in [2.45, 2.75) is 37.8 Å². The molecule has 4 rings (SSSR count). The van der Waals surface area contributed by atoms with Crippen molar-refractivity contribution < 1.29 is 27.9 Å². The SMILES string of the molecule is O=C(CCC(C(=O)O)N(c1ccc2oc3ccccc3c2c1)S(=O)[O-])NC1CC1. The van der Waals surface area contributed by atoms with Gasteiger partial charge in [0.05, 0.1) is 5.69 Å². The number of carboxylic acid groups (broad SMARTS) is 1. The number of aliphatic carboxylic acids is 1. The number of hydrogen-bond donors (Lipinski definition) is 2. The second-order valence-electron chi connectivity index (χ2n) is 7.06. The zero-order chi connectivity index (χ0) is 20.5. The Morgan fingerprint density at radius 2 is 1.93 bits per heavy atom. The van der Waals surface area contributed by atoms with Gasteiger partial charge in [-0.15, -0.1) is 0 Å². The van der Waals surface area contributed by atoms with Crippen molar-refractivity contribution in [3.05, 3.63) is 42.5 Å². The lowest BCUT2D eigenvalue weighted by molar-refractivity contribution is -0.138. The highest BCUT2D eigenvalue weighted by atomic mass is 32.2. The zero-order valence-corrected chi connectivity index (χ0v) is 16.2. The average Bonchev–Trinajstić information content (AvgIpc) is 3.42. The van der Waals surface area contributed by atoms with E-state index >= 15 is 0 Å². The van der Waals surface area contributed by atoms with Gasteiger partial charge in [0.1, 0.15) is 17.2 Å². The average molecular weight is 415 g/mol. The Morgan fingerprint density at radius 3 is 2.62 bits per heavy atom. The molecule has 3 aromatic rings. The summed E-state index contributed by atoms with van der Waals surface area (Å²) in [5.74, 6) is -1.59. The highest BCUT2D eigenvalue weighted by Crippen LogP contribution is 2.33. The van der Waals surface area contributed by atoms with Crippen LogP contribution in [0.2, 0.25) is 0 Å².